The van der Waals surface area contributed by atoms with Crippen molar-refractivity contribution in [2.45, 2.75) is 46.1 Å². The number of hydrogen-bond acceptors (Lipinski definition) is 3. The summed E-state index contributed by atoms with van der Waals surface area (Å²) >= 11 is 0. The first-order valence-corrected chi connectivity index (χ1v) is 7.18. The lowest BCUT2D eigenvalue weighted by atomic mass is 9.96. The average molecular weight is 260 g/mol. The predicted octanol–water partition coefficient (Wildman–Crippen LogP) is 2.93. The van der Waals surface area contributed by atoms with Crippen LogP contribution in [0.25, 0.3) is 11.2 Å². The molecule has 1 atom stereocenters. The fraction of sp³-hybridized carbons (Fsp3) is 0.600. The van der Waals surface area contributed by atoms with Crippen molar-refractivity contribution in [3.63, 3.8) is 0 Å². The second-order valence-corrected chi connectivity index (χ2v) is 5.53. The molecule has 0 aliphatic rings. The van der Waals surface area contributed by atoms with Crippen LogP contribution in [0.5, 0.6) is 0 Å². The molecule has 0 fully saturated rings. The van der Waals surface area contributed by atoms with Gasteiger partial charge in [-0.25, -0.2) is 9.97 Å². The Kier molecular flexibility index (Phi) is 4.53. The van der Waals surface area contributed by atoms with Crippen molar-refractivity contribution < 1.29 is 0 Å². The molecule has 4 nitrogen and oxygen atoms in total. The molecule has 2 heterocycles. The Morgan fingerprint density at radius 2 is 2.16 bits per heavy atom. The molecular weight excluding hydrogens is 236 g/mol. The van der Waals surface area contributed by atoms with Gasteiger partial charge in [-0.15, -0.1) is 0 Å². The maximum Gasteiger partial charge on any atom is 0.159 e. The number of rotatable bonds is 6. The highest BCUT2D eigenvalue weighted by Gasteiger charge is 2.20. The van der Waals surface area contributed by atoms with Crippen LogP contribution >= 0.6 is 0 Å². The van der Waals surface area contributed by atoms with Crippen LogP contribution in [0.15, 0.2) is 18.3 Å². The Balaban J connectivity index is 2.47. The Bertz CT molecular complexity index is 530. The molecule has 2 N–H and O–H groups in total. The number of hydrogen-bond donors (Lipinski definition) is 1. The third-order valence-electron chi connectivity index (χ3n) is 3.39. The summed E-state index contributed by atoms with van der Waals surface area (Å²) in [5, 5.41) is 0. The summed E-state index contributed by atoms with van der Waals surface area (Å²) in [4.78, 5) is 9.25. The molecule has 0 saturated heterocycles. The van der Waals surface area contributed by atoms with E-state index in [9.17, 15) is 0 Å². The molecule has 1 unspecified atom stereocenters. The molecule has 0 amide bonds. The number of aromatic nitrogens is 3. The SMILES string of the molecule is CCCn1c(C(CN)CC(C)C)nc2cccnc21. The summed E-state index contributed by atoms with van der Waals surface area (Å²) in [6.45, 7) is 8.24. The fourth-order valence-corrected chi connectivity index (χ4v) is 2.61. The van der Waals surface area contributed by atoms with Crippen molar-refractivity contribution >= 4 is 11.2 Å². The molecule has 19 heavy (non-hydrogen) atoms. The quantitative estimate of drug-likeness (QED) is 0.868. The van der Waals surface area contributed by atoms with Crippen molar-refractivity contribution in [1.82, 2.24) is 14.5 Å². The van der Waals surface area contributed by atoms with Gasteiger partial charge in [0.15, 0.2) is 5.65 Å². The number of nitrogens with zero attached hydrogens (tertiary/aromatic N) is 3. The topological polar surface area (TPSA) is 56.7 Å². The van der Waals surface area contributed by atoms with Gasteiger partial charge in [0.2, 0.25) is 0 Å². The molecule has 0 aromatic carbocycles. The van der Waals surface area contributed by atoms with Gasteiger partial charge in [0.05, 0.1) is 0 Å². The first-order valence-electron chi connectivity index (χ1n) is 7.18. The number of imidazole rings is 1. The number of aryl methyl sites for hydroxylation is 1. The van der Waals surface area contributed by atoms with Crippen molar-refractivity contribution in [2.75, 3.05) is 6.54 Å². The first kappa shape index (κ1) is 14.0. The van der Waals surface area contributed by atoms with E-state index in [0.717, 1.165) is 36.4 Å². The van der Waals surface area contributed by atoms with Crippen LogP contribution in [0.1, 0.15) is 45.4 Å². The van der Waals surface area contributed by atoms with Crippen LogP contribution in [0, 0.1) is 5.92 Å². The van der Waals surface area contributed by atoms with Gasteiger partial charge in [-0.05, 0) is 30.9 Å². The van der Waals surface area contributed by atoms with Crippen molar-refractivity contribution in [2.24, 2.45) is 11.7 Å². The lowest BCUT2D eigenvalue weighted by Crippen LogP contribution is -2.19. The highest BCUT2D eigenvalue weighted by Crippen LogP contribution is 2.25. The summed E-state index contributed by atoms with van der Waals surface area (Å²) in [7, 11) is 0. The van der Waals surface area contributed by atoms with E-state index in [1.165, 1.54) is 0 Å². The highest BCUT2D eigenvalue weighted by atomic mass is 15.1. The molecule has 0 aliphatic heterocycles. The smallest absolute Gasteiger partial charge is 0.159 e. The number of fused-ring (bicyclic) bond motifs is 1. The number of nitrogens with two attached hydrogens (primary N) is 1. The average Bonchev–Trinajstić information content (AvgIpc) is 2.75. The van der Waals surface area contributed by atoms with Crippen LogP contribution in [0.4, 0.5) is 0 Å². The van der Waals surface area contributed by atoms with E-state index < -0.39 is 0 Å². The molecule has 4 heteroatoms. The molecule has 0 spiro atoms. The zero-order valence-corrected chi connectivity index (χ0v) is 12.1. The molecule has 2 rings (SSSR count). The van der Waals surface area contributed by atoms with E-state index in [-0.39, 0.29) is 0 Å². The third kappa shape index (κ3) is 2.95. The molecule has 104 valence electrons. The standard InChI is InChI=1S/C15H24N4/c1-4-8-19-14(12(10-16)9-11(2)3)18-13-6-5-7-17-15(13)19/h5-7,11-12H,4,8-10,16H2,1-3H3. The van der Waals surface area contributed by atoms with Gasteiger partial charge < -0.3 is 10.3 Å². The summed E-state index contributed by atoms with van der Waals surface area (Å²) in [5.74, 6) is 2.05. The zero-order chi connectivity index (χ0) is 13.8. The zero-order valence-electron chi connectivity index (χ0n) is 12.1. The van der Waals surface area contributed by atoms with Gasteiger partial charge in [0, 0.05) is 25.2 Å². The number of pyridine rings is 1. The minimum atomic E-state index is 0.320. The van der Waals surface area contributed by atoms with Crippen LogP contribution in [0.3, 0.4) is 0 Å². The minimum Gasteiger partial charge on any atom is -0.330 e. The summed E-state index contributed by atoms with van der Waals surface area (Å²) < 4.78 is 2.25. The molecule has 0 saturated carbocycles. The molecule has 2 aromatic heterocycles. The van der Waals surface area contributed by atoms with Gasteiger partial charge in [-0.3, -0.25) is 0 Å². The highest BCUT2D eigenvalue weighted by molar-refractivity contribution is 5.71. The van der Waals surface area contributed by atoms with E-state index >= 15 is 0 Å². The summed E-state index contributed by atoms with van der Waals surface area (Å²) in [6.07, 6.45) is 3.98. The van der Waals surface area contributed by atoms with Crippen LogP contribution in [0.2, 0.25) is 0 Å². The van der Waals surface area contributed by atoms with Gasteiger partial charge in [-0.1, -0.05) is 20.8 Å². The summed E-state index contributed by atoms with van der Waals surface area (Å²) in [5.41, 5.74) is 7.93. The van der Waals surface area contributed by atoms with Crippen molar-refractivity contribution in [3.8, 4) is 0 Å². The Hall–Kier alpha value is -1.42. The van der Waals surface area contributed by atoms with E-state index in [0.29, 0.717) is 18.4 Å². The monoisotopic (exact) mass is 260 g/mol. The maximum atomic E-state index is 5.97. The Labute approximate surface area is 115 Å². The van der Waals surface area contributed by atoms with E-state index in [4.69, 9.17) is 10.7 Å². The maximum absolute atomic E-state index is 5.97. The lowest BCUT2D eigenvalue weighted by Gasteiger charge is -2.18. The molecule has 0 radical (unpaired) electrons. The molecular formula is C15H24N4. The largest absolute Gasteiger partial charge is 0.330 e. The van der Waals surface area contributed by atoms with Gasteiger partial charge in [-0.2, -0.15) is 0 Å². The second kappa shape index (κ2) is 6.15. The second-order valence-electron chi connectivity index (χ2n) is 5.53. The van der Waals surface area contributed by atoms with E-state index in [1.807, 2.05) is 18.3 Å². The third-order valence-corrected chi connectivity index (χ3v) is 3.39. The van der Waals surface area contributed by atoms with E-state index in [1.54, 1.807) is 0 Å². The lowest BCUT2D eigenvalue weighted by molar-refractivity contribution is 0.470. The summed E-state index contributed by atoms with van der Waals surface area (Å²) in [6, 6.07) is 3.97. The van der Waals surface area contributed by atoms with Crippen LogP contribution in [-0.2, 0) is 6.54 Å². The molecule has 0 aliphatic carbocycles. The minimum absolute atomic E-state index is 0.320. The van der Waals surface area contributed by atoms with Gasteiger partial charge in [0.1, 0.15) is 11.3 Å². The van der Waals surface area contributed by atoms with Gasteiger partial charge in [0.25, 0.3) is 0 Å². The van der Waals surface area contributed by atoms with Crippen LogP contribution in [-0.4, -0.2) is 21.1 Å². The molecule has 0 bridgehead atoms. The molecule has 2 aromatic rings. The Morgan fingerprint density at radius 3 is 2.79 bits per heavy atom. The van der Waals surface area contributed by atoms with E-state index in [2.05, 4.69) is 30.3 Å². The van der Waals surface area contributed by atoms with Crippen LogP contribution < -0.4 is 5.73 Å². The predicted molar refractivity (Wildman–Crippen MR) is 79.1 cm³/mol. The fourth-order valence-electron chi connectivity index (χ4n) is 2.61. The van der Waals surface area contributed by atoms with Gasteiger partial charge >= 0.3 is 0 Å². The Morgan fingerprint density at radius 1 is 1.37 bits per heavy atom. The first-order chi connectivity index (χ1) is 9.17. The normalized spacial score (nSPS) is 13.3. The van der Waals surface area contributed by atoms with Crippen molar-refractivity contribution in [3.05, 3.63) is 24.2 Å². The van der Waals surface area contributed by atoms with Crippen molar-refractivity contribution in [1.29, 1.82) is 0 Å².